The van der Waals surface area contributed by atoms with Gasteiger partial charge in [-0.05, 0) is 19.1 Å². The van der Waals surface area contributed by atoms with E-state index in [4.69, 9.17) is 5.73 Å². The molecule has 0 aliphatic carbocycles. The molecule has 1 aromatic heterocycles. The monoisotopic (exact) mass is 210 g/mol. The molecule has 80 valence electrons. The van der Waals surface area contributed by atoms with E-state index in [2.05, 4.69) is 0 Å². The minimum absolute atomic E-state index is 0.430. The maximum Gasteiger partial charge on any atom is 0.150 e. The Morgan fingerprint density at radius 2 is 2.00 bits per heavy atom. The molecule has 0 spiro atoms. The second-order valence-electron chi connectivity index (χ2n) is 3.55. The second-order valence-corrected chi connectivity index (χ2v) is 3.55. The normalized spacial score (nSPS) is 11.2. The van der Waals surface area contributed by atoms with E-state index < -0.39 is 11.6 Å². The van der Waals surface area contributed by atoms with Gasteiger partial charge in [-0.3, -0.25) is 0 Å². The van der Waals surface area contributed by atoms with Crippen LogP contribution in [0, 0.1) is 18.6 Å². The largest absolute Gasteiger partial charge is 0.341 e. The van der Waals surface area contributed by atoms with Crippen molar-refractivity contribution < 1.29 is 8.78 Å². The molecule has 0 unspecified atom stereocenters. The first kappa shape index (κ1) is 10.1. The minimum Gasteiger partial charge on any atom is -0.341 e. The van der Waals surface area contributed by atoms with E-state index in [9.17, 15) is 8.78 Å². The van der Waals surface area contributed by atoms with Gasteiger partial charge in [0.15, 0.2) is 0 Å². The van der Waals surface area contributed by atoms with Crippen molar-refractivity contribution in [2.45, 2.75) is 13.5 Å². The first-order chi connectivity index (χ1) is 7.13. The van der Waals surface area contributed by atoms with Gasteiger partial charge < -0.3 is 10.3 Å². The molecular formula is C11H12F2N2. The van der Waals surface area contributed by atoms with Gasteiger partial charge in [0.1, 0.15) is 11.6 Å². The Labute approximate surface area is 86.3 Å². The fourth-order valence-electron chi connectivity index (χ4n) is 1.88. The Kier molecular flexibility index (Phi) is 2.44. The highest BCUT2D eigenvalue weighted by Crippen LogP contribution is 2.23. The lowest BCUT2D eigenvalue weighted by Crippen LogP contribution is -2.11. The molecule has 2 rings (SSSR count). The summed E-state index contributed by atoms with van der Waals surface area (Å²) < 4.78 is 28.3. The van der Waals surface area contributed by atoms with E-state index in [0.717, 1.165) is 11.8 Å². The molecule has 0 amide bonds. The molecule has 0 saturated carbocycles. The molecular weight excluding hydrogens is 198 g/mol. The van der Waals surface area contributed by atoms with E-state index in [1.165, 1.54) is 6.07 Å². The summed E-state index contributed by atoms with van der Waals surface area (Å²) >= 11 is 0. The zero-order chi connectivity index (χ0) is 11.0. The molecule has 2 N–H and O–H groups in total. The molecule has 1 heterocycles. The van der Waals surface area contributed by atoms with Crippen molar-refractivity contribution >= 4 is 10.9 Å². The lowest BCUT2D eigenvalue weighted by Gasteiger charge is -2.06. The van der Waals surface area contributed by atoms with Gasteiger partial charge in [0.2, 0.25) is 0 Å². The molecule has 0 atom stereocenters. The molecule has 0 saturated heterocycles. The number of nitrogens with zero attached hydrogens (tertiary/aromatic N) is 1. The Morgan fingerprint density at radius 1 is 1.27 bits per heavy atom. The van der Waals surface area contributed by atoms with Crippen LogP contribution in [0.25, 0.3) is 10.9 Å². The van der Waals surface area contributed by atoms with Crippen LogP contribution in [0.5, 0.6) is 0 Å². The number of rotatable bonds is 2. The average molecular weight is 210 g/mol. The van der Waals surface area contributed by atoms with Crippen LogP contribution >= 0.6 is 0 Å². The Morgan fingerprint density at radius 3 is 2.67 bits per heavy atom. The van der Waals surface area contributed by atoms with Crippen LogP contribution in [0.1, 0.15) is 5.69 Å². The van der Waals surface area contributed by atoms with Crippen LogP contribution in [0.4, 0.5) is 8.78 Å². The highest BCUT2D eigenvalue weighted by Gasteiger charge is 2.11. The van der Waals surface area contributed by atoms with Crippen molar-refractivity contribution in [2.75, 3.05) is 6.54 Å². The van der Waals surface area contributed by atoms with Crippen LogP contribution < -0.4 is 5.73 Å². The SMILES string of the molecule is Cc1cc2cc(F)cc(F)c2n1CCN. The summed E-state index contributed by atoms with van der Waals surface area (Å²) in [6.45, 7) is 2.83. The van der Waals surface area contributed by atoms with Gasteiger partial charge in [-0.15, -0.1) is 0 Å². The zero-order valence-electron chi connectivity index (χ0n) is 8.43. The summed E-state index contributed by atoms with van der Waals surface area (Å²) in [7, 11) is 0. The maximum atomic E-state index is 13.5. The predicted octanol–water partition coefficient (Wildman–Crippen LogP) is 2.19. The number of nitrogens with two attached hydrogens (primary N) is 1. The van der Waals surface area contributed by atoms with Gasteiger partial charge in [0.25, 0.3) is 0 Å². The van der Waals surface area contributed by atoms with Crippen molar-refractivity contribution in [2.24, 2.45) is 5.73 Å². The van der Waals surface area contributed by atoms with Gasteiger partial charge >= 0.3 is 0 Å². The quantitative estimate of drug-likeness (QED) is 0.809. The lowest BCUT2D eigenvalue weighted by atomic mass is 10.2. The average Bonchev–Trinajstić information content (AvgIpc) is 2.43. The van der Waals surface area contributed by atoms with Gasteiger partial charge in [-0.1, -0.05) is 0 Å². The third-order valence-electron chi connectivity index (χ3n) is 2.47. The summed E-state index contributed by atoms with van der Waals surface area (Å²) in [4.78, 5) is 0. The van der Waals surface area contributed by atoms with Crippen molar-refractivity contribution in [3.63, 3.8) is 0 Å². The number of halogens is 2. The van der Waals surface area contributed by atoms with Crippen LogP contribution in [-0.4, -0.2) is 11.1 Å². The minimum atomic E-state index is -0.551. The van der Waals surface area contributed by atoms with Crippen LogP contribution in [0.2, 0.25) is 0 Å². The van der Waals surface area contributed by atoms with Crippen LogP contribution in [-0.2, 0) is 6.54 Å². The summed E-state index contributed by atoms with van der Waals surface area (Å²) in [6, 6.07) is 3.99. The zero-order valence-corrected chi connectivity index (χ0v) is 8.43. The van der Waals surface area contributed by atoms with Crippen molar-refractivity contribution in [3.8, 4) is 0 Å². The standard InChI is InChI=1S/C11H12F2N2/c1-7-4-8-5-9(12)6-10(13)11(8)15(7)3-2-14/h4-6H,2-3,14H2,1H3. The fraction of sp³-hybridized carbons (Fsp3) is 0.273. The van der Waals surface area contributed by atoms with E-state index in [-0.39, 0.29) is 0 Å². The fourth-order valence-corrected chi connectivity index (χ4v) is 1.88. The molecule has 2 aromatic rings. The second kappa shape index (κ2) is 3.62. The van der Waals surface area contributed by atoms with E-state index in [0.29, 0.717) is 24.0 Å². The van der Waals surface area contributed by atoms with Crippen LogP contribution in [0.15, 0.2) is 18.2 Å². The molecule has 0 aliphatic heterocycles. The Bertz CT molecular complexity index is 503. The van der Waals surface area contributed by atoms with Gasteiger partial charge in [0.05, 0.1) is 5.52 Å². The van der Waals surface area contributed by atoms with Crippen molar-refractivity contribution in [3.05, 3.63) is 35.5 Å². The molecule has 0 fully saturated rings. The lowest BCUT2D eigenvalue weighted by molar-refractivity contribution is 0.584. The summed E-state index contributed by atoms with van der Waals surface area (Å²) in [5.74, 6) is -1.09. The Hall–Kier alpha value is -1.42. The number of hydrogen-bond donors (Lipinski definition) is 1. The molecule has 4 heteroatoms. The first-order valence-electron chi connectivity index (χ1n) is 4.78. The summed E-state index contributed by atoms with van der Waals surface area (Å²) in [5, 5.41) is 0.582. The number of benzene rings is 1. The molecule has 0 bridgehead atoms. The summed E-state index contributed by atoms with van der Waals surface area (Å²) in [6.07, 6.45) is 0. The van der Waals surface area contributed by atoms with Gasteiger partial charge in [0, 0.05) is 30.2 Å². The molecule has 1 aromatic carbocycles. The predicted molar refractivity (Wildman–Crippen MR) is 55.6 cm³/mol. The first-order valence-corrected chi connectivity index (χ1v) is 4.78. The molecule has 0 aliphatic rings. The highest BCUT2D eigenvalue weighted by molar-refractivity contribution is 5.82. The molecule has 2 nitrogen and oxygen atoms in total. The van der Waals surface area contributed by atoms with E-state index in [1.54, 1.807) is 10.6 Å². The molecule has 0 radical (unpaired) electrons. The number of hydrogen-bond acceptors (Lipinski definition) is 1. The Balaban J connectivity index is 2.75. The molecule has 15 heavy (non-hydrogen) atoms. The maximum absolute atomic E-state index is 13.5. The third kappa shape index (κ3) is 1.61. The number of aromatic nitrogens is 1. The van der Waals surface area contributed by atoms with E-state index >= 15 is 0 Å². The highest BCUT2D eigenvalue weighted by atomic mass is 19.1. The summed E-state index contributed by atoms with van der Waals surface area (Å²) in [5.41, 5.74) is 6.76. The van der Waals surface area contributed by atoms with Gasteiger partial charge in [-0.25, -0.2) is 8.78 Å². The number of fused-ring (bicyclic) bond motifs is 1. The van der Waals surface area contributed by atoms with Crippen LogP contribution in [0.3, 0.4) is 0 Å². The van der Waals surface area contributed by atoms with E-state index in [1.807, 2.05) is 6.92 Å². The smallest absolute Gasteiger partial charge is 0.150 e. The third-order valence-corrected chi connectivity index (χ3v) is 2.47. The van der Waals surface area contributed by atoms with Gasteiger partial charge in [-0.2, -0.15) is 0 Å². The topological polar surface area (TPSA) is 30.9 Å². The van der Waals surface area contributed by atoms with Crippen molar-refractivity contribution in [1.82, 2.24) is 4.57 Å². The number of aryl methyl sites for hydroxylation is 1. The van der Waals surface area contributed by atoms with Crippen molar-refractivity contribution in [1.29, 1.82) is 0 Å².